The summed E-state index contributed by atoms with van der Waals surface area (Å²) in [4.78, 5) is 15.2. The Morgan fingerprint density at radius 3 is 2.73 bits per heavy atom. The van der Waals surface area contributed by atoms with E-state index in [-0.39, 0.29) is 5.91 Å². The number of hydrogen-bond acceptors (Lipinski definition) is 5. The molecule has 1 N–H and O–H groups in total. The summed E-state index contributed by atoms with van der Waals surface area (Å²) in [6.45, 7) is 7.32. The number of rotatable bonds is 6. The van der Waals surface area contributed by atoms with E-state index < -0.39 is 0 Å². The molecule has 8 nitrogen and oxygen atoms in total. The second kappa shape index (κ2) is 8.02. The Hall–Kier alpha value is -3.00. The first-order valence-electron chi connectivity index (χ1n) is 10.7. The molecule has 2 aliphatic rings. The van der Waals surface area contributed by atoms with E-state index in [4.69, 9.17) is 0 Å². The average molecular weight is 406 g/mol. The van der Waals surface area contributed by atoms with E-state index in [1.807, 2.05) is 45.8 Å². The number of likely N-dealkylation sites (tertiary alicyclic amines) is 1. The molecule has 0 radical (unpaired) electrons. The standard InChI is InChI=1S/C22H27N7O/c1-2-28-12-17(10-24-28)11-27-13-18-8-20-25-26-21(29(20)15-19(18)14-27)22(30)23-9-16-6-4-3-5-7-16/h3-7,10,12,18-19H,2,8-9,11,13-15H2,1H3,(H,23,30)/t18-,19-/m0/s1. The van der Waals surface area contributed by atoms with E-state index in [0.717, 1.165) is 50.5 Å². The van der Waals surface area contributed by atoms with Gasteiger partial charge in [-0.05, 0) is 24.3 Å². The molecule has 156 valence electrons. The molecular weight excluding hydrogens is 378 g/mol. The summed E-state index contributed by atoms with van der Waals surface area (Å²) in [6.07, 6.45) is 4.98. The first-order chi connectivity index (χ1) is 14.7. The monoisotopic (exact) mass is 405 g/mol. The van der Waals surface area contributed by atoms with Gasteiger partial charge in [0.1, 0.15) is 5.82 Å². The van der Waals surface area contributed by atoms with E-state index in [0.29, 0.717) is 24.2 Å². The molecule has 0 spiro atoms. The van der Waals surface area contributed by atoms with Crippen LogP contribution in [0.3, 0.4) is 0 Å². The molecule has 2 atom stereocenters. The van der Waals surface area contributed by atoms with Crippen LogP contribution in [0.1, 0.15) is 34.5 Å². The predicted molar refractivity (Wildman–Crippen MR) is 111 cm³/mol. The Balaban J connectivity index is 1.22. The Morgan fingerprint density at radius 2 is 1.93 bits per heavy atom. The largest absolute Gasteiger partial charge is 0.345 e. The second-order valence-electron chi connectivity index (χ2n) is 8.34. The van der Waals surface area contributed by atoms with Crippen LogP contribution in [0, 0.1) is 11.8 Å². The molecule has 0 unspecified atom stereocenters. The van der Waals surface area contributed by atoms with Crippen molar-refractivity contribution in [2.24, 2.45) is 11.8 Å². The van der Waals surface area contributed by atoms with Crippen molar-refractivity contribution in [1.82, 2.24) is 34.8 Å². The number of amides is 1. The van der Waals surface area contributed by atoms with E-state index >= 15 is 0 Å². The normalized spacial score (nSPS) is 20.7. The lowest BCUT2D eigenvalue weighted by Crippen LogP contribution is -2.32. The van der Waals surface area contributed by atoms with Gasteiger partial charge in [-0.2, -0.15) is 5.10 Å². The number of hydrogen-bond donors (Lipinski definition) is 1. The first kappa shape index (κ1) is 19.0. The summed E-state index contributed by atoms with van der Waals surface area (Å²) < 4.78 is 4.00. The second-order valence-corrected chi connectivity index (χ2v) is 8.34. The molecular formula is C22H27N7O. The number of nitrogens with zero attached hydrogens (tertiary/aromatic N) is 6. The third-order valence-electron chi connectivity index (χ3n) is 6.26. The van der Waals surface area contributed by atoms with Gasteiger partial charge in [0.15, 0.2) is 0 Å². The van der Waals surface area contributed by atoms with E-state index in [1.165, 1.54) is 5.56 Å². The fourth-order valence-corrected chi connectivity index (χ4v) is 4.69. The van der Waals surface area contributed by atoms with Gasteiger partial charge in [0.05, 0.1) is 6.20 Å². The van der Waals surface area contributed by atoms with Crippen LogP contribution >= 0.6 is 0 Å². The quantitative estimate of drug-likeness (QED) is 0.676. The van der Waals surface area contributed by atoms with Crippen LogP contribution < -0.4 is 5.32 Å². The molecule has 0 saturated carbocycles. The highest BCUT2D eigenvalue weighted by molar-refractivity contribution is 5.90. The van der Waals surface area contributed by atoms with Crippen molar-refractivity contribution < 1.29 is 4.79 Å². The lowest BCUT2D eigenvalue weighted by Gasteiger charge is -2.25. The Morgan fingerprint density at radius 1 is 1.10 bits per heavy atom. The SMILES string of the molecule is CCn1cc(CN2C[C@@H]3Cc4nnc(C(=O)NCc5ccccc5)n4C[C@@H]3C2)cn1. The minimum Gasteiger partial charge on any atom is -0.345 e. The lowest BCUT2D eigenvalue weighted by molar-refractivity contribution is 0.0932. The molecule has 4 heterocycles. The van der Waals surface area contributed by atoms with Gasteiger partial charge < -0.3 is 9.88 Å². The number of carbonyl (C=O) groups excluding carboxylic acids is 1. The highest BCUT2D eigenvalue weighted by atomic mass is 16.2. The molecule has 1 amide bonds. The first-order valence-corrected chi connectivity index (χ1v) is 10.7. The molecule has 1 fully saturated rings. The van der Waals surface area contributed by atoms with Crippen molar-refractivity contribution in [3.8, 4) is 0 Å². The van der Waals surface area contributed by atoms with Gasteiger partial charge in [-0.1, -0.05) is 30.3 Å². The number of nitrogens with one attached hydrogen (secondary N) is 1. The van der Waals surface area contributed by atoms with Crippen molar-refractivity contribution >= 4 is 5.91 Å². The van der Waals surface area contributed by atoms with Crippen LogP contribution in [-0.2, 0) is 32.6 Å². The van der Waals surface area contributed by atoms with Crippen molar-refractivity contribution in [2.45, 2.75) is 39.5 Å². The maximum atomic E-state index is 12.7. The fourth-order valence-electron chi connectivity index (χ4n) is 4.69. The van der Waals surface area contributed by atoms with E-state index in [1.54, 1.807) is 0 Å². The van der Waals surface area contributed by atoms with Gasteiger partial charge in [0, 0.05) is 57.4 Å². The Labute approximate surface area is 175 Å². The van der Waals surface area contributed by atoms with Crippen LogP contribution in [-0.4, -0.2) is 48.4 Å². The van der Waals surface area contributed by atoms with Crippen molar-refractivity contribution in [2.75, 3.05) is 13.1 Å². The molecule has 8 heteroatoms. The topological polar surface area (TPSA) is 80.9 Å². The van der Waals surface area contributed by atoms with Crippen molar-refractivity contribution in [3.63, 3.8) is 0 Å². The molecule has 0 aliphatic carbocycles. The molecule has 1 aromatic carbocycles. The number of benzene rings is 1. The highest BCUT2D eigenvalue weighted by Crippen LogP contribution is 2.33. The molecule has 1 saturated heterocycles. The lowest BCUT2D eigenvalue weighted by atomic mass is 9.89. The molecule has 2 aromatic heterocycles. The van der Waals surface area contributed by atoms with Gasteiger partial charge in [0.25, 0.3) is 5.91 Å². The summed E-state index contributed by atoms with van der Waals surface area (Å²) in [6, 6.07) is 9.92. The van der Waals surface area contributed by atoms with Gasteiger partial charge in [-0.25, -0.2) is 0 Å². The Kier molecular flexibility index (Phi) is 5.08. The Bertz CT molecular complexity index is 1030. The summed E-state index contributed by atoms with van der Waals surface area (Å²) >= 11 is 0. The van der Waals surface area contributed by atoms with Gasteiger partial charge >= 0.3 is 0 Å². The molecule has 2 aliphatic heterocycles. The summed E-state index contributed by atoms with van der Waals surface area (Å²) in [7, 11) is 0. The number of aryl methyl sites for hydroxylation is 1. The summed E-state index contributed by atoms with van der Waals surface area (Å²) in [5.74, 6) is 2.31. The number of fused-ring (bicyclic) bond motifs is 2. The number of aromatic nitrogens is 5. The zero-order chi connectivity index (χ0) is 20.5. The summed E-state index contributed by atoms with van der Waals surface area (Å²) in [5, 5.41) is 15.9. The fraction of sp³-hybridized carbons (Fsp3) is 0.455. The van der Waals surface area contributed by atoms with Crippen LogP contribution in [0.4, 0.5) is 0 Å². The maximum Gasteiger partial charge on any atom is 0.289 e. The minimum atomic E-state index is -0.155. The molecule has 30 heavy (non-hydrogen) atoms. The van der Waals surface area contributed by atoms with Gasteiger partial charge in [-0.3, -0.25) is 14.4 Å². The van der Waals surface area contributed by atoms with Crippen LogP contribution in [0.25, 0.3) is 0 Å². The van der Waals surface area contributed by atoms with E-state index in [2.05, 4.69) is 38.6 Å². The van der Waals surface area contributed by atoms with E-state index in [9.17, 15) is 4.79 Å². The van der Waals surface area contributed by atoms with Crippen LogP contribution in [0.15, 0.2) is 42.7 Å². The van der Waals surface area contributed by atoms with Gasteiger partial charge in [0.2, 0.25) is 5.82 Å². The zero-order valence-corrected chi connectivity index (χ0v) is 17.2. The molecule has 0 bridgehead atoms. The average Bonchev–Trinajstić information content (AvgIpc) is 3.48. The third kappa shape index (κ3) is 3.75. The molecule has 5 rings (SSSR count). The van der Waals surface area contributed by atoms with Crippen LogP contribution in [0.5, 0.6) is 0 Å². The predicted octanol–water partition coefficient (Wildman–Crippen LogP) is 1.73. The number of carbonyl (C=O) groups is 1. The molecule has 3 aromatic rings. The van der Waals surface area contributed by atoms with Crippen molar-refractivity contribution in [3.05, 3.63) is 65.5 Å². The summed E-state index contributed by atoms with van der Waals surface area (Å²) in [5.41, 5.74) is 2.33. The third-order valence-corrected chi connectivity index (χ3v) is 6.26. The maximum absolute atomic E-state index is 12.7. The van der Waals surface area contributed by atoms with Crippen LogP contribution in [0.2, 0.25) is 0 Å². The zero-order valence-electron chi connectivity index (χ0n) is 17.2. The smallest absolute Gasteiger partial charge is 0.289 e. The minimum absolute atomic E-state index is 0.155. The van der Waals surface area contributed by atoms with Crippen molar-refractivity contribution in [1.29, 1.82) is 0 Å². The van der Waals surface area contributed by atoms with Gasteiger partial charge in [-0.15, -0.1) is 10.2 Å². The highest BCUT2D eigenvalue weighted by Gasteiger charge is 2.39.